The van der Waals surface area contributed by atoms with Gasteiger partial charge in [-0.15, -0.1) is 0 Å². The fraction of sp³-hybridized carbons (Fsp3) is 0.767. The summed E-state index contributed by atoms with van der Waals surface area (Å²) in [5, 5.41) is 0. The van der Waals surface area contributed by atoms with Gasteiger partial charge in [0, 0.05) is 19.3 Å². The Labute approximate surface area is 490 Å². The first-order valence-corrected chi connectivity index (χ1v) is 34.1. The van der Waals surface area contributed by atoms with E-state index < -0.39 is 6.10 Å². The van der Waals surface area contributed by atoms with Gasteiger partial charge in [-0.2, -0.15) is 0 Å². The van der Waals surface area contributed by atoms with E-state index in [0.717, 1.165) is 135 Å². The minimum atomic E-state index is -0.798. The van der Waals surface area contributed by atoms with Gasteiger partial charge in [0.15, 0.2) is 6.10 Å². The molecule has 0 fully saturated rings. The first-order chi connectivity index (χ1) is 39.0. The van der Waals surface area contributed by atoms with Crippen molar-refractivity contribution >= 4 is 17.9 Å². The van der Waals surface area contributed by atoms with E-state index in [1.54, 1.807) is 0 Å². The fourth-order valence-electron chi connectivity index (χ4n) is 9.86. The highest BCUT2D eigenvalue weighted by Crippen LogP contribution is 2.18. The molecule has 0 spiro atoms. The number of hydrogen-bond donors (Lipinski definition) is 0. The molecule has 0 saturated heterocycles. The van der Waals surface area contributed by atoms with Gasteiger partial charge in [-0.05, 0) is 89.9 Å². The second-order valence-corrected chi connectivity index (χ2v) is 22.7. The third-order valence-electron chi connectivity index (χ3n) is 14.9. The van der Waals surface area contributed by atoms with Gasteiger partial charge >= 0.3 is 17.9 Å². The predicted octanol–water partition coefficient (Wildman–Crippen LogP) is 23.4. The van der Waals surface area contributed by atoms with Crippen LogP contribution < -0.4 is 0 Å². The van der Waals surface area contributed by atoms with Crippen LogP contribution in [0, 0.1) is 0 Å². The molecule has 0 aromatic heterocycles. The number of allylic oxidation sites excluding steroid dienone is 14. The molecule has 1 atom stereocenters. The maximum atomic E-state index is 12.9. The Hall–Kier alpha value is -3.41. The van der Waals surface area contributed by atoms with E-state index in [9.17, 15) is 14.4 Å². The Bertz CT molecular complexity index is 1500. The molecule has 0 aromatic carbocycles. The number of unbranched alkanes of at least 4 members (excludes halogenated alkanes) is 37. The number of carbonyl (C=O) groups excluding carboxylic acids is 3. The summed E-state index contributed by atoms with van der Waals surface area (Å²) in [6.45, 7) is 6.42. The minimum Gasteiger partial charge on any atom is -0.462 e. The molecule has 6 nitrogen and oxygen atoms in total. The number of carbonyl (C=O) groups is 3. The summed E-state index contributed by atoms with van der Waals surface area (Å²) < 4.78 is 16.9. The highest BCUT2D eigenvalue weighted by molar-refractivity contribution is 5.71. The van der Waals surface area contributed by atoms with Crippen molar-refractivity contribution < 1.29 is 28.6 Å². The van der Waals surface area contributed by atoms with Gasteiger partial charge < -0.3 is 14.2 Å². The maximum Gasteiger partial charge on any atom is 0.306 e. The number of esters is 3. The Morgan fingerprint density at radius 2 is 0.494 bits per heavy atom. The molecule has 0 aliphatic heterocycles. The second kappa shape index (κ2) is 67.1. The van der Waals surface area contributed by atoms with Crippen molar-refractivity contribution in [3.63, 3.8) is 0 Å². The van der Waals surface area contributed by atoms with Crippen LogP contribution in [0.2, 0.25) is 0 Å². The Kier molecular flexibility index (Phi) is 64.2. The molecule has 0 rings (SSSR count). The lowest BCUT2D eigenvalue weighted by Crippen LogP contribution is -2.30. The van der Waals surface area contributed by atoms with Gasteiger partial charge in [0.2, 0.25) is 0 Å². The average molecular weight is 1100 g/mol. The summed E-state index contributed by atoms with van der Waals surface area (Å²) in [6, 6.07) is 0. The van der Waals surface area contributed by atoms with Crippen molar-refractivity contribution in [2.45, 2.75) is 348 Å². The van der Waals surface area contributed by atoms with Crippen LogP contribution >= 0.6 is 0 Å². The van der Waals surface area contributed by atoms with Gasteiger partial charge in [-0.1, -0.05) is 318 Å². The quantitative estimate of drug-likeness (QED) is 0.0261. The van der Waals surface area contributed by atoms with Crippen molar-refractivity contribution in [3.8, 4) is 0 Å². The lowest BCUT2D eigenvalue weighted by atomic mass is 10.0. The zero-order valence-electron chi connectivity index (χ0n) is 52.4. The number of ether oxygens (including phenoxy) is 3. The smallest absolute Gasteiger partial charge is 0.306 e. The van der Waals surface area contributed by atoms with Crippen LogP contribution in [0.3, 0.4) is 0 Å². The highest BCUT2D eigenvalue weighted by atomic mass is 16.6. The van der Waals surface area contributed by atoms with Crippen LogP contribution in [0.4, 0.5) is 0 Å². The third-order valence-corrected chi connectivity index (χ3v) is 14.9. The molecule has 0 radical (unpaired) electrons. The molecule has 0 amide bonds. The Morgan fingerprint density at radius 1 is 0.266 bits per heavy atom. The molecule has 0 aromatic rings. The first kappa shape index (κ1) is 75.6. The molecule has 0 bridgehead atoms. The monoisotopic (exact) mass is 1100 g/mol. The van der Waals surface area contributed by atoms with Crippen molar-refractivity contribution in [2.75, 3.05) is 13.2 Å². The van der Waals surface area contributed by atoms with Crippen molar-refractivity contribution in [1.82, 2.24) is 0 Å². The van der Waals surface area contributed by atoms with E-state index in [1.807, 2.05) is 0 Å². The van der Waals surface area contributed by atoms with Gasteiger partial charge in [0.05, 0.1) is 0 Å². The molecule has 79 heavy (non-hydrogen) atoms. The average Bonchev–Trinajstić information content (AvgIpc) is 3.45. The molecule has 6 heteroatoms. The summed E-state index contributed by atoms with van der Waals surface area (Å²) in [7, 11) is 0. The molecular formula is C73H128O6. The SMILES string of the molecule is CC/C=C\C/C=C\C/C=C\C/C=C\CCCCCCC(=O)OC(COC(=O)CCCCCCC/C=C\C/C=C\C/C=C\CC)COC(=O)CCCCCCCCCCCCCCCCCCCCCCCCCCCCCCC. The summed E-state index contributed by atoms with van der Waals surface area (Å²) in [6.07, 6.45) is 89.1. The molecule has 0 heterocycles. The Balaban J connectivity index is 4.25. The zero-order valence-corrected chi connectivity index (χ0v) is 52.4. The van der Waals surface area contributed by atoms with Crippen molar-refractivity contribution in [1.29, 1.82) is 0 Å². The standard InChI is InChI=1S/C73H128O6/c1-4-7-10-13-16-19-22-25-28-30-31-32-33-34-35-36-37-38-39-40-41-43-45-48-51-54-57-60-63-66-72(75)78-69-70(68-77-71(74)65-62-59-56-53-50-47-44-27-24-21-18-15-12-9-6-3)79-73(76)67-64-61-58-55-52-49-46-42-29-26-23-20-17-14-11-8-5-2/h8-9,11-12,17-18,20-21,26-27,29,44,46,49,70H,4-7,10,13-16,19,22-25,28,30-43,45,47-48,50-69H2,1-3H3/b11-8-,12-9-,20-17-,21-18-,29-26-,44-27-,49-46-. The molecule has 0 aliphatic rings. The van der Waals surface area contributed by atoms with Crippen LogP contribution in [-0.2, 0) is 28.6 Å². The number of rotatable bonds is 62. The van der Waals surface area contributed by atoms with Gasteiger partial charge in [-0.3, -0.25) is 14.4 Å². The second-order valence-electron chi connectivity index (χ2n) is 22.7. The summed E-state index contributed by atoms with van der Waals surface area (Å²) in [5.41, 5.74) is 0. The fourth-order valence-corrected chi connectivity index (χ4v) is 9.86. The van der Waals surface area contributed by atoms with Crippen molar-refractivity contribution in [3.05, 3.63) is 85.1 Å². The van der Waals surface area contributed by atoms with Crippen LogP contribution in [0.5, 0.6) is 0 Å². The summed E-state index contributed by atoms with van der Waals surface area (Å²) >= 11 is 0. The molecule has 0 N–H and O–H groups in total. The van der Waals surface area contributed by atoms with E-state index in [0.29, 0.717) is 19.3 Å². The van der Waals surface area contributed by atoms with Gasteiger partial charge in [0.25, 0.3) is 0 Å². The van der Waals surface area contributed by atoms with Gasteiger partial charge in [0.1, 0.15) is 13.2 Å². The van der Waals surface area contributed by atoms with E-state index in [-0.39, 0.29) is 31.1 Å². The van der Waals surface area contributed by atoms with Crippen LogP contribution in [0.1, 0.15) is 342 Å². The van der Waals surface area contributed by atoms with E-state index in [4.69, 9.17) is 14.2 Å². The molecule has 0 saturated carbocycles. The third kappa shape index (κ3) is 65.3. The van der Waals surface area contributed by atoms with Crippen molar-refractivity contribution in [2.24, 2.45) is 0 Å². The van der Waals surface area contributed by atoms with Crippen LogP contribution in [0.15, 0.2) is 85.1 Å². The van der Waals surface area contributed by atoms with E-state index >= 15 is 0 Å². The molecule has 1 unspecified atom stereocenters. The van der Waals surface area contributed by atoms with Gasteiger partial charge in [-0.25, -0.2) is 0 Å². The summed E-state index contributed by atoms with van der Waals surface area (Å²) in [5.74, 6) is -0.917. The molecule has 456 valence electrons. The first-order valence-electron chi connectivity index (χ1n) is 34.1. The highest BCUT2D eigenvalue weighted by Gasteiger charge is 2.19. The lowest BCUT2D eigenvalue weighted by molar-refractivity contribution is -0.167. The van der Waals surface area contributed by atoms with E-state index in [1.165, 1.54) is 167 Å². The number of hydrogen-bond acceptors (Lipinski definition) is 6. The van der Waals surface area contributed by atoms with Crippen LogP contribution in [-0.4, -0.2) is 37.2 Å². The molecule has 0 aliphatic carbocycles. The predicted molar refractivity (Wildman–Crippen MR) is 344 cm³/mol. The normalized spacial score (nSPS) is 12.6. The van der Waals surface area contributed by atoms with E-state index in [2.05, 4.69) is 106 Å². The Morgan fingerprint density at radius 3 is 0.772 bits per heavy atom. The topological polar surface area (TPSA) is 78.9 Å². The zero-order chi connectivity index (χ0) is 57.1. The largest absolute Gasteiger partial charge is 0.462 e. The maximum absolute atomic E-state index is 12.9. The van der Waals surface area contributed by atoms with Crippen LogP contribution in [0.25, 0.3) is 0 Å². The minimum absolute atomic E-state index is 0.0900. The summed E-state index contributed by atoms with van der Waals surface area (Å²) in [4.78, 5) is 38.3. The molecular weight excluding hydrogens is 973 g/mol. The lowest BCUT2D eigenvalue weighted by Gasteiger charge is -2.18.